The molecule has 1 aromatic heterocycles. The van der Waals surface area contributed by atoms with Crippen LogP contribution in [0.2, 0.25) is 10.0 Å². The number of halogens is 2. The molecule has 2 aromatic carbocycles. The minimum Gasteiger partial charge on any atom is -0.478 e. The molecular formula is C21H16Cl2N2O4. The van der Waals surface area contributed by atoms with Crippen molar-refractivity contribution in [2.75, 3.05) is 0 Å². The number of amides is 1. The van der Waals surface area contributed by atoms with Crippen LogP contribution in [-0.2, 0) is 0 Å². The van der Waals surface area contributed by atoms with Gasteiger partial charge in [0.05, 0.1) is 22.2 Å². The average Bonchev–Trinajstić information content (AvgIpc) is 2.71. The van der Waals surface area contributed by atoms with Gasteiger partial charge in [-0.1, -0.05) is 35.3 Å². The molecule has 8 heteroatoms. The molecule has 0 saturated heterocycles. The van der Waals surface area contributed by atoms with Crippen molar-refractivity contribution < 1.29 is 19.4 Å². The molecule has 1 atom stereocenters. The smallest absolute Gasteiger partial charge is 0.335 e. The van der Waals surface area contributed by atoms with E-state index in [0.29, 0.717) is 10.0 Å². The minimum atomic E-state index is -1.01. The summed E-state index contributed by atoms with van der Waals surface area (Å²) in [6.45, 7) is 1.79. The zero-order chi connectivity index (χ0) is 21.0. The second-order valence-electron chi connectivity index (χ2n) is 6.18. The Kier molecular flexibility index (Phi) is 6.36. The van der Waals surface area contributed by atoms with Crippen LogP contribution in [0.15, 0.2) is 60.8 Å². The van der Waals surface area contributed by atoms with Crippen LogP contribution in [0.25, 0.3) is 0 Å². The summed E-state index contributed by atoms with van der Waals surface area (Å²) in [7, 11) is 0. The van der Waals surface area contributed by atoms with Crippen LogP contribution in [0.5, 0.6) is 11.6 Å². The van der Waals surface area contributed by atoms with Gasteiger partial charge >= 0.3 is 5.97 Å². The van der Waals surface area contributed by atoms with Crippen molar-refractivity contribution in [3.8, 4) is 11.6 Å². The number of hydrogen-bond acceptors (Lipinski definition) is 4. The Balaban J connectivity index is 1.79. The number of nitrogens with zero attached hydrogens (tertiary/aromatic N) is 1. The second-order valence-corrected chi connectivity index (χ2v) is 7.05. The second kappa shape index (κ2) is 8.94. The number of carboxylic acid groups (broad SMARTS) is 1. The first kappa shape index (κ1) is 20.6. The number of benzene rings is 2. The van der Waals surface area contributed by atoms with Crippen LogP contribution in [0.1, 0.15) is 39.2 Å². The van der Waals surface area contributed by atoms with E-state index in [-0.39, 0.29) is 28.8 Å². The van der Waals surface area contributed by atoms with Crippen molar-refractivity contribution in [1.82, 2.24) is 10.3 Å². The Morgan fingerprint density at radius 3 is 2.34 bits per heavy atom. The Morgan fingerprint density at radius 2 is 1.72 bits per heavy atom. The van der Waals surface area contributed by atoms with E-state index in [1.54, 1.807) is 43.3 Å². The summed E-state index contributed by atoms with van der Waals surface area (Å²) in [6.07, 6.45) is 1.44. The number of aromatic nitrogens is 1. The summed E-state index contributed by atoms with van der Waals surface area (Å²) >= 11 is 11.9. The summed E-state index contributed by atoms with van der Waals surface area (Å²) in [5.74, 6) is -0.839. The molecule has 29 heavy (non-hydrogen) atoms. The Labute approximate surface area is 177 Å². The van der Waals surface area contributed by atoms with Crippen LogP contribution in [0, 0.1) is 0 Å². The molecule has 0 aliphatic carbocycles. The molecular weight excluding hydrogens is 415 g/mol. The SMILES string of the molecule is C[C@H](NC(=O)c1cc(Cl)ccc1Oc1ccc(Cl)cn1)c1ccc(C(=O)O)cc1. The van der Waals surface area contributed by atoms with E-state index in [0.717, 1.165) is 5.56 Å². The average molecular weight is 431 g/mol. The first-order chi connectivity index (χ1) is 13.8. The number of rotatable bonds is 6. The maximum atomic E-state index is 12.8. The van der Waals surface area contributed by atoms with Crippen molar-refractivity contribution in [1.29, 1.82) is 0 Å². The Morgan fingerprint density at radius 1 is 1.03 bits per heavy atom. The largest absolute Gasteiger partial charge is 0.478 e. The molecule has 3 rings (SSSR count). The van der Waals surface area contributed by atoms with E-state index < -0.39 is 11.9 Å². The molecule has 0 bridgehead atoms. The van der Waals surface area contributed by atoms with Gasteiger partial charge in [0.25, 0.3) is 5.91 Å². The Bertz CT molecular complexity index is 1040. The lowest BCUT2D eigenvalue weighted by molar-refractivity contribution is 0.0696. The van der Waals surface area contributed by atoms with E-state index in [2.05, 4.69) is 10.3 Å². The van der Waals surface area contributed by atoms with Crippen LogP contribution >= 0.6 is 23.2 Å². The summed E-state index contributed by atoms with van der Waals surface area (Å²) in [6, 6.07) is 13.8. The van der Waals surface area contributed by atoms with Crippen LogP contribution in [0.4, 0.5) is 0 Å². The molecule has 3 aromatic rings. The number of carbonyl (C=O) groups excluding carboxylic acids is 1. The van der Waals surface area contributed by atoms with Gasteiger partial charge in [-0.25, -0.2) is 9.78 Å². The van der Waals surface area contributed by atoms with E-state index in [9.17, 15) is 9.59 Å². The Hall–Kier alpha value is -3.09. The third-order valence-corrected chi connectivity index (χ3v) is 4.56. The molecule has 0 fully saturated rings. The van der Waals surface area contributed by atoms with E-state index >= 15 is 0 Å². The maximum Gasteiger partial charge on any atom is 0.335 e. The van der Waals surface area contributed by atoms with E-state index in [1.807, 2.05) is 0 Å². The third kappa shape index (κ3) is 5.25. The fourth-order valence-electron chi connectivity index (χ4n) is 2.58. The van der Waals surface area contributed by atoms with Crippen molar-refractivity contribution in [2.24, 2.45) is 0 Å². The zero-order valence-corrected chi connectivity index (χ0v) is 16.7. The number of carboxylic acids is 1. The third-order valence-electron chi connectivity index (χ3n) is 4.11. The monoisotopic (exact) mass is 430 g/mol. The lowest BCUT2D eigenvalue weighted by Crippen LogP contribution is -2.27. The van der Waals surface area contributed by atoms with Crippen molar-refractivity contribution >= 4 is 35.1 Å². The highest BCUT2D eigenvalue weighted by Crippen LogP contribution is 2.28. The quantitative estimate of drug-likeness (QED) is 0.548. The number of carbonyl (C=O) groups is 2. The maximum absolute atomic E-state index is 12.8. The van der Waals surface area contributed by atoms with Crippen molar-refractivity contribution in [3.63, 3.8) is 0 Å². The molecule has 148 valence electrons. The molecule has 1 heterocycles. The summed E-state index contributed by atoms with van der Waals surface area (Å²) < 4.78 is 5.72. The van der Waals surface area contributed by atoms with E-state index in [4.69, 9.17) is 33.0 Å². The normalized spacial score (nSPS) is 11.6. The first-order valence-corrected chi connectivity index (χ1v) is 9.32. The predicted molar refractivity (Wildman–Crippen MR) is 110 cm³/mol. The minimum absolute atomic E-state index is 0.174. The molecule has 1 amide bonds. The van der Waals surface area contributed by atoms with Crippen molar-refractivity contribution in [2.45, 2.75) is 13.0 Å². The molecule has 2 N–H and O–H groups in total. The number of hydrogen-bond donors (Lipinski definition) is 2. The summed E-state index contributed by atoms with van der Waals surface area (Å²) in [4.78, 5) is 27.9. The molecule has 0 spiro atoms. The molecule has 0 radical (unpaired) electrons. The number of ether oxygens (including phenoxy) is 1. The van der Waals surface area contributed by atoms with Gasteiger partial charge in [-0.15, -0.1) is 0 Å². The van der Waals surface area contributed by atoms with Crippen LogP contribution in [0.3, 0.4) is 0 Å². The lowest BCUT2D eigenvalue weighted by Gasteiger charge is -2.16. The van der Waals surface area contributed by atoms with Gasteiger partial charge in [-0.3, -0.25) is 4.79 Å². The van der Waals surface area contributed by atoms with Gasteiger partial charge in [0.15, 0.2) is 0 Å². The highest BCUT2D eigenvalue weighted by atomic mass is 35.5. The van der Waals surface area contributed by atoms with Gasteiger partial charge in [-0.2, -0.15) is 0 Å². The molecule has 0 saturated carbocycles. The number of nitrogens with one attached hydrogen (secondary N) is 1. The van der Waals surface area contributed by atoms with Gasteiger partial charge in [0, 0.05) is 17.3 Å². The van der Waals surface area contributed by atoms with Gasteiger partial charge in [0.2, 0.25) is 5.88 Å². The predicted octanol–water partition coefficient (Wildman–Crippen LogP) is 5.37. The van der Waals surface area contributed by atoms with E-state index in [1.165, 1.54) is 24.4 Å². The fraction of sp³-hybridized carbons (Fsp3) is 0.0952. The first-order valence-electron chi connectivity index (χ1n) is 8.56. The highest BCUT2D eigenvalue weighted by Gasteiger charge is 2.18. The lowest BCUT2D eigenvalue weighted by atomic mass is 10.1. The van der Waals surface area contributed by atoms with Crippen molar-refractivity contribution in [3.05, 3.63) is 87.5 Å². The number of aromatic carboxylic acids is 1. The fourth-order valence-corrected chi connectivity index (χ4v) is 2.86. The van der Waals surface area contributed by atoms with Gasteiger partial charge in [0.1, 0.15) is 5.75 Å². The van der Waals surface area contributed by atoms with Gasteiger partial charge in [-0.05, 0) is 48.9 Å². The molecule has 0 aliphatic heterocycles. The highest BCUT2D eigenvalue weighted by molar-refractivity contribution is 6.31. The summed E-state index contributed by atoms with van der Waals surface area (Å²) in [5.41, 5.74) is 1.17. The molecule has 6 nitrogen and oxygen atoms in total. The zero-order valence-electron chi connectivity index (χ0n) is 15.2. The summed E-state index contributed by atoms with van der Waals surface area (Å²) in [5, 5.41) is 12.7. The molecule has 0 unspecified atom stereocenters. The standard InChI is InChI=1S/C21H16Cl2N2O4/c1-12(13-2-4-14(5-3-13)21(27)28)25-20(26)17-10-15(22)6-8-18(17)29-19-9-7-16(23)11-24-19/h2-12H,1H3,(H,25,26)(H,27,28)/t12-/m0/s1. The number of pyridine rings is 1. The topological polar surface area (TPSA) is 88.5 Å². The van der Waals surface area contributed by atoms with Gasteiger partial charge < -0.3 is 15.2 Å². The van der Waals surface area contributed by atoms with Crippen LogP contribution in [-0.4, -0.2) is 22.0 Å². The molecule has 0 aliphatic rings. The van der Waals surface area contributed by atoms with Crippen LogP contribution < -0.4 is 10.1 Å².